The van der Waals surface area contributed by atoms with Crippen LogP contribution < -0.4 is 5.73 Å². The van der Waals surface area contributed by atoms with Gasteiger partial charge in [0.2, 0.25) is 5.91 Å². The molecule has 1 aliphatic rings. The van der Waals surface area contributed by atoms with Crippen molar-refractivity contribution in [3.05, 3.63) is 32.9 Å². The molecule has 0 aromatic heterocycles. The van der Waals surface area contributed by atoms with Crippen molar-refractivity contribution >= 4 is 53.9 Å². The highest BCUT2D eigenvalue weighted by molar-refractivity contribution is 14.1. The number of nitrogens with two attached hydrogens (primary N) is 1. The van der Waals surface area contributed by atoms with Gasteiger partial charge in [0.15, 0.2) is 0 Å². The lowest BCUT2D eigenvalue weighted by molar-refractivity contribution is -0.141. The third kappa shape index (κ3) is 3.72. The van der Waals surface area contributed by atoms with Gasteiger partial charge in [-0.3, -0.25) is 14.4 Å². The van der Waals surface area contributed by atoms with E-state index in [0.717, 1.165) is 9.13 Å². The van der Waals surface area contributed by atoms with E-state index in [0.29, 0.717) is 12.1 Å². The number of carbonyl (C=O) groups is 3. The smallest absolute Gasteiger partial charge is 0.305 e. The first kappa shape index (κ1) is 18.8. The standard InChI is InChI=1S/C14H15IN2O4.H2S/c1-21-12(18)6-5-11(13(16)19)17-7-9-8(14(17)20)3-2-4-10(9)15;/h2-4,11H,5-7H2,1H3,(H2,16,19);1H2/t11-;/m0./s1. The predicted octanol–water partition coefficient (Wildman–Crippen LogP) is 1.17. The SMILES string of the molecule is COC(=O)CC[C@@H](C(N)=O)N1Cc2c(I)cccc2C1=O.S. The Kier molecular flexibility index (Phi) is 6.66. The van der Waals surface area contributed by atoms with E-state index < -0.39 is 17.9 Å². The summed E-state index contributed by atoms with van der Waals surface area (Å²) in [5.41, 5.74) is 6.88. The lowest BCUT2D eigenvalue weighted by atomic mass is 10.1. The average Bonchev–Trinajstić information content (AvgIpc) is 2.78. The average molecular weight is 436 g/mol. The number of hydrogen-bond donors (Lipinski definition) is 1. The third-order valence-electron chi connectivity index (χ3n) is 3.49. The number of halogens is 1. The van der Waals surface area contributed by atoms with Crippen molar-refractivity contribution in [2.75, 3.05) is 7.11 Å². The summed E-state index contributed by atoms with van der Waals surface area (Å²) in [6.07, 6.45) is 0.208. The normalized spacial score (nSPS) is 14.1. The Morgan fingerprint density at radius 2 is 2.14 bits per heavy atom. The molecule has 1 aromatic rings. The fraction of sp³-hybridized carbons (Fsp3) is 0.357. The molecule has 0 unspecified atom stereocenters. The van der Waals surface area contributed by atoms with Crippen LogP contribution in [0.15, 0.2) is 18.2 Å². The van der Waals surface area contributed by atoms with E-state index in [1.54, 1.807) is 12.1 Å². The van der Waals surface area contributed by atoms with Crippen LogP contribution in [0.25, 0.3) is 0 Å². The van der Waals surface area contributed by atoms with E-state index in [-0.39, 0.29) is 32.2 Å². The summed E-state index contributed by atoms with van der Waals surface area (Å²) in [4.78, 5) is 36.7. The summed E-state index contributed by atoms with van der Waals surface area (Å²) in [5, 5.41) is 0. The molecule has 1 heterocycles. The molecular weight excluding hydrogens is 419 g/mol. The molecule has 2 rings (SSSR count). The zero-order valence-corrected chi connectivity index (χ0v) is 15.1. The van der Waals surface area contributed by atoms with Crippen molar-refractivity contribution in [2.24, 2.45) is 5.73 Å². The Hall–Kier alpha value is -1.29. The zero-order chi connectivity index (χ0) is 15.6. The molecule has 2 amide bonds. The monoisotopic (exact) mass is 436 g/mol. The maximum absolute atomic E-state index is 12.4. The van der Waals surface area contributed by atoms with E-state index in [2.05, 4.69) is 27.3 Å². The summed E-state index contributed by atoms with van der Waals surface area (Å²) in [5.74, 6) is -1.27. The molecule has 0 saturated heterocycles. The number of hydrogen-bond acceptors (Lipinski definition) is 4. The number of methoxy groups -OCH3 is 1. The number of fused-ring (bicyclic) bond motifs is 1. The van der Waals surface area contributed by atoms with E-state index in [9.17, 15) is 14.4 Å². The van der Waals surface area contributed by atoms with Crippen LogP contribution >= 0.6 is 36.1 Å². The maximum atomic E-state index is 12.4. The first-order valence-electron chi connectivity index (χ1n) is 6.40. The Morgan fingerprint density at radius 1 is 1.45 bits per heavy atom. The van der Waals surface area contributed by atoms with Crippen LogP contribution in [0.4, 0.5) is 0 Å². The van der Waals surface area contributed by atoms with E-state index in [1.165, 1.54) is 12.0 Å². The Balaban J connectivity index is 0.00000242. The van der Waals surface area contributed by atoms with Gasteiger partial charge < -0.3 is 15.4 Å². The second-order valence-corrected chi connectivity index (χ2v) is 5.89. The molecule has 8 heteroatoms. The molecule has 0 radical (unpaired) electrons. The van der Waals surface area contributed by atoms with Crippen molar-refractivity contribution in [3.63, 3.8) is 0 Å². The van der Waals surface area contributed by atoms with Gasteiger partial charge in [0.25, 0.3) is 5.91 Å². The summed E-state index contributed by atoms with van der Waals surface area (Å²) >= 11 is 2.16. The fourth-order valence-corrected chi connectivity index (χ4v) is 3.05. The van der Waals surface area contributed by atoms with Crippen molar-refractivity contribution in [1.82, 2.24) is 4.90 Å². The van der Waals surface area contributed by atoms with Gasteiger partial charge in [-0.25, -0.2) is 0 Å². The molecule has 0 bridgehead atoms. The van der Waals surface area contributed by atoms with Crippen LogP contribution in [-0.2, 0) is 20.9 Å². The predicted molar refractivity (Wildman–Crippen MR) is 93.6 cm³/mol. The molecule has 0 fully saturated rings. The van der Waals surface area contributed by atoms with Gasteiger partial charge in [0.1, 0.15) is 6.04 Å². The summed E-state index contributed by atoms with van der Waals surface area (Å²) < 4.78 is 5.52. The fourth-order valence-electron chi connectivity index (χ4n) is 2.38. The number of primary amides is 1. The molecule has 22 heavy (non-hydrogen) atoms. The number of ether oxygens (including phenoxy) is 1. The van der Waals surface area contributed by atoms with Crippen molar-refractivity contribution < 1.29 is 19.1 Å². The second kappa shape index (κ2) is 7.82. The van der Waals surface area contributed by atoms with Gasteiger partial charge in [-0.2, -0.15) is 13.5 Å². The van der Waals surface area contributed by atoms with E-state index in [4.69, 9.17) is 5.73 Å². The molecular formula is C14H17IN2O4S. The lowest BCUT2D eigenvalue weighted by Crippen LogP contribution is -2.45. The minimum atomic E-state index is -0.806. The summed E-state index contributed by atoms with van der Waals surface area (Å²) in [7, 11) is 1.28. The van der Waals surface area contributed by atoms with E-state index >= 15 is 0 Å². The number of amides is 2. The largest absolute Gasteiger partial charge is 0.469 e. The molecule has 0 aliphatic carbocycles. The quantitative estimate of drug-likeness (QED) is 0.555. The van der Waals surface area contributed by atoms with Gasteiger partial charge in [0.05, 0.1) is 7.11 Å². The first-order chi connectivity index (χ1) is 9.95. The van der Waals surface area contributed by atoms with Gasteiger partial charge in [-0.1, -0.05) is 6.07 Å². The molecule has 0 saturated carbocycles. The van der Waals surface area contributed by atoms with Crippen molar-refractivity contribution in [3.8, 4) is 0 Å². The highest BCUT2D eigenvalue weighted by Gasteiger charge is 2.36. The second-order valence-electron chi connectivity index (χ2n) is 4.73. The van der Waals surface area contributed by atoms with Crippen molar-refractivity contribution in [2.45, 2.75) is 25.4 Å². The van der Waals surface area contributed by atoms with Gasteiger partial charge in [-0.15, -0.1) is 0 Å². The summed E-state index contributed by atoms with van der Waals surface area (Å²) in [6.45, 7) is 0.335. The lowest BCUT2D eigenvalue weighted by Gasteiger charge is -2.24. The van der Waals surface area contributed by atoms with Crippen LogP contribution in [-0.4, -0.2) is 35.8 Å². The van der Waals surface area contributed by atoms with Gasteiger partial charge in [-0.05, 0) is 46.7 Å². The van der Waals surface area contributed by atoms with Crippen LogP contribution in [0.3, 0.4) is 0 Å². The van der Waals surface area contributed by atoms with Crippen molar-refractivity contribution in [1.29, 1.82) is 0 Å². The minimum absolute atomic E-state index is 0. The number of benzene rings is 1. The van der Waals surface area contributed by atoms with Gasteiger partial charge in [0, 0.05) is 22.1 Å². The van der Waals surface area contributed by atoms with Crippen LogP contribution in [0, 0.1) is 3.57 Å². The summed E-state index contributed by atoms with van der Waals surface area (Å²) in [6, 6.07) is 4.64. The number of carbonyl (C=O) groups excluding carboxylic acids is 3. The van der Waals surface area contributed by atoms with Crippen LogP contribution in [0.2, 0.25) is 0 Å². The van der Waals surface area contributed by atoms with Crippen LogP contribution in [0.1, 0.15) is 28.8 Å². The number of nitrogens with zero attached hydrogens (tertiary/aromatic N) is 1. The topological polar surface area (TPSA) is 89.7 Å². The molecule has 2 N–H and O–H groups in total. The third-order valence-corrected chi connectivity index (χ3v) is 4.50. The molecule has 1 aromatic carbocycles. The molecule has 1 atom stereocenters. The maximum Gasteiger partial charge on any atom is 0.305 e. The molecule has 6 nitrogen and oxygen atoms in total. The molecule has 1 aliphatic heterocycles. The zero-order valence-electron chi connectivity index (χ0n) is 12.0. The number of esters is 1. The Bertz CT molecular complexity index is 609. The minimum Gasteiger partial charge on any atom is -0.469 e. The van der Waals surface area contributed by atoms with E-state index in [1.807, 2.05) is 6.07 Å². The van der Waals surface area contributed by atoms with Crippen LogP contribution in [0.5, 0.6) is 0 Å². The number of rotatable bonds is 5. The highest BCUT2D eigenvalue weighted by atomic mass is 127. The Labute approximate surface area is 148 Å². The van der Waals surface area contributed by atoms with Gasteiger partial charge >= 0.3 is 5.97 Å². The first-order valence-corrected chi connectivity index (χ1v) is 7.48. The molecule has 0 spiro atoms. The molecule has 120 valence electrons. The Morgan fingerprint density at radius 3 is 2.68 bits per heavy atom. The highest BCUT2D eigenvalue weighted by Crippen LogP contribution is 2.29.